The number of carbonyl (C=O) groups is 8. The number of fused-ring (bicyclic) bond motifs is 2. The Morgan fingerprint density at radius 3 is 0.794 bits per heavy atom. The predicted molar refractivity (Wildman–Crippen MR) is 113 cm³/mol. The van der Waals surface area contributed by atoms with E-state index in [1.807, 2.05) is 0 Å². The van der Waals surface area contributed by atoms with Crippen LogP contribution >= 0.6 is 0 Å². The number of imide groups is 2. The highest BCUT2D eigenvalue weighted by atomic mass is 16.2. The molecule has 34 heavy (non-hydrogen) atoms. The minimum absolute atomic E-state index is 0.00716. The Labute approximate surface area is 196 Å². The monoisotopic (exact) mass is 472 g/mol. The van der Waals surface area contributed by atoms with E-state index >= 15 is 0 Å². The van der Waals surface area contributed by atoms with Gasteiger partial charge >= 0.3 is 0 Å². The zero-order valence-corrected chi connectivity index (χ0v) is 19.6. The first kappa shape index (κ1) is 24.1. The standard InChI is InChI=1S/C24H28N2O8/c1-9(27)13-5-17-18(6-14(13)10(2)28)22(32)25(21(17)31)26-23(33)19-7-15(11(3)29)16(12(4)30)8-20(19)24(26)34/h13-20H,5-8H2,1-4H3. The topological polar surface area (TPSA) is 143 Å². The molecule has 0 aromatic heterocycles. The van der Waals surface area contributed by atoms with Crippen LogP contribution in [-0.2, 0) is 38.4 Å². The van der Waals surface area contributed by atoms with E-state index in [1.54, 1.807) is 0 Å². The Hall–Kier alpha value is -3.04. The lowest BCUT2D eigenvalue weighted by Crippen LogP contribution is -2.50. The summed E-state index contributed by atoms with van der Waals surface area (Å²) in [5.74, 6) is -10.3. The maximum atomic E-state index is 13.3. The van der Waals surface area contributed by atoms with E-state index in [2.05, 4.69) is 0 Å². The molecule has 8 unspecified atom stereocenters. The summed E-state index contributed by atoms with van der Waals surface area (Å²) in [7, 11) is 0. The summed E-state index contributed by atoms with van der Waals surface area (Å²) in [4.78, 5) is 102. The van der Waals surface area contributed by atoms with E-state index in [0.29, 0.717) is 10.0 Å². The molecule has 0 bridgehead atoms. The molecule has 2 saturated heterocycles. The summed E-state index contributed by atoms with van der Waals surface area (Å²) in [6.07, 6.45) is 0.0286. The van der Waals surface area contributed by atoms with Crippen molar-refractivity contribution in [2.24, 2.45) is 47.3 Å². The van der Waals surface area contributed by atoms with Crippen molar-refractivity contribution in [2.75, 3.05) is 0 Å². The van der Waals surface area contributed by atoms with Crippen LogP contribution in [0.15, 0.2) is 0 Å². The average Bonchev–Trinajstić information content (AvgIpc) is 3.15. The second kappa shape index (κ2) is 8.32. The van der Waals surface area contributed by atoms with Crippen LogP contribution in [0.3, 0.4) is 0 Å². The van der Waals surface area contributed by atoms with Crippen molar-refractivity contribution in [1.82, 2.24) is 10.0 Å². The highest BCUT2D eigenvalue weighted by Crippen LogP contribution is 2.48. The van der Waals surface area contributed by atoms with E-state index in [4.69, 9.17) is 0 Å². The molecule has 0 spiro atoms. The van der Waals surface area contributed by atoms with Gasteiger partial charge < -0.3 is 0 Å². The Morgan fingerprint density at radius 1 is 0.471 bits per heavy atom. The summed E-state index contributed by atoms with van der Waals surface area (Å²) in [6, 6.07) is 0. The zero-order chi connectivity index (χ0) is 25.2. The number of nitrogens with zero attached hydrogens (tertiary/aromatic N) is 2. The molecule has 0 aromatic carbocycles. The Bertz CT molecular complexity index is 886. The van der Waals surface area contributed by atoms with Gasteiger partial charge in [-0.2, -0.15) is 10.0 Å². The highest BCUT2D eigenvalue weighted by Gasteiger charge is 2.62. The lowest BCUT2D eigenvalue weighted by Gasteiger charge is -2.33. The molecule has 10 heteroatoms. The second-order valence-electron chi connectivity index (χ2n) is 10.2. The van der Waals surface area contributed by atoms with Gasteiger partial charge in [0.05, 0.1) is 23.7 Å². The van der Waals surface area contributed by atoms with Crippen molar-refractivity contribution in [3.05, 3.63) is 0 Å². The van der Waals surface area contributed by atoms with Crippen LogP contribution in [0.4, 0.5) is 0 Å². The maximum absolute atomic E-state index is 13.3. The summed E-state index contributed by atoms with van der Waals surface area (Å²) >= 11 is 0. The first-order chi connectivity index (χ1) is 15.9. The van der Waals surface area contributed by atoms with Gasteiger partial charge in [0.1, 0.15) is 23.1 Å². The normalized spacial score (nSPS) is 37.5. The summed E-state index contributed by atoms with van der Waals surface area (Å²) < 4.78 is 0. The molecule has 2 aliphatic carbocycles. The van der Waals surface area contributed by atoms with Crippen LogP contribution in [0, 0.1) is 47.3 Å². The Balaban J connectivity index is 1.64. The van der Waals surface area contributed by atoms with Gasteiger partial charge in [0.25, 0.3) is 23.6 Å². The molecule has 0 N–H and O–H groups in total. The van der Waals surface area contributed by atoms with Gasteiger partial charge in [-0.1, -0.05) is 0 Å². The molecule has 4 fully saturated rings. The molecule has 4 amide bonds. The third-order valence-electron chi connectivity index (χ3n) is 8.37. The van der Waals surface area contributed by atoms with Gasteiger partial charge in [-0.15, -0.1) is 0 Å². The van der Waals surface area contributed by atoms with Crippen molar-refractivity contribution in [1.29, 1.82) is 0 Å². The molecule has 10 nitrogen and oxygen atoms in total. The largest absolute Gasteiger partial charge is 0.300 e. The molecule has 4 rings (SSSR count). The Morgan fingerprint density at radius 2 is 0.647 bits per heavy atom. The van der Waals surface area contributed by atoms with Gasteiger partial charge in [-0.3, -0.25) is 38.4 Å². The molecular formula is C24H28N2O8. The first-order valence-corrected chi connectivity index (χ1v) is 11.6. The van der Waals surface area contributed by atoms with E-state index in [1.165, 1.54) is 27.7 Å². The van der Waals surface area contributed by atoms with Gasteiger partial charge in [-0.25, -0.2) is 0 Å². The van der Waals surface area contributed by atoms with Crippen molar-refractivity contribution in [3.8, 4) is 0 Å². The molecular weight excluding hydrogens is 444 g/mol. The molecule has 8 atom stereocenters. The fraction of sp³-hybridized carbons (Fsp3) is 0.667. The van der Waals surface area contributed by atoms with Gasteiger partial charge in [0, 0.05) is 23.7 Å². The van der Waals surface area contributed by atoms with Crippen molar-refractivity contribution < 1.29 is 38.4 Å². The van der Waals surface area contributed by atoms with Crippen LogP contribution in [0.2, 0.25) is 0 Å². The van der Waals surface area contributed by atoms with Crippen LogP contribution in [0.25, 0.3) is 0 Å². The molecule has 2 aliphatic heterocycles. The number of ketones is 4. The number of Topliss-reactive ketones (excluding diaryl/α,β-unsaturated/α-hetero) is 4. The van der Waals surface area contributed by atoms with E-state index in [9.17, 15) is 38.4 Å². The molecule has 2 heterocycles. The summed E-state index contributed by atoms with van der Waals surface area (Å²) in [6.45, 7) is 5.37. The number of amides is 4. The molecule has 4 aliphatic rings. The fourth-order valence-electron chi connectivity index (χ4n) is 6.54. The SMILES string of the molecule is CC(=O)C1CC2C(=O)N(N3C(=O)C4CC(C(C)=O)C(C(C)=O)CC4C3=O)C(=O)C2CC1C(C)=O. The van der Waals surface area contributed by atoms with E-state index < -0.39 is 71.0 Å². The minimum Gasteiger partial charge on any atom is -0.300 e. The predicted octanol–water partition coefficient (Wildman–Crippen LogP) is 0.512. The molecule has 2 saturated carbocycles. The molecule has 182 valence electrons. The van der Waals surface area contributed by atoms with Crippen molar-refractivity contribution in [3.63, 3.8) is 0 Å². The maximum Gasteiger partial charge on any atom is 0.252 e. The lowest BCUT2D eigenvalue weighted by molar-refractivity contribution is -0.173. The number of hydrogen-bond acceptors (Lipinski definition) is 8. The smallest absolute Gasteiger partial charge is 0.252 e. The quantitative estimate of drug-likeness (QED) is 0.527. The first-order valence-electron chi connectivity index (χ1n) is 11.6. The number of hydrogen-bond donors (Lipinski definition) is 0. The number of carbonyl (C=O) groups excluding carboxylic acids is 8. The average molecular weight is 472 g/mol. The van der Waals surface area contributed by atoms with Gasteiger partial charge in [0.15, 0.2) is 0 Å². The van der Waals surface area contributed by atoms with Crippen molar-refractivity contribution >= 4 is 46.8 Å². The third-order valence-corrected chi connectivity index (χ3v) is 8.37. The number of hydrazine groups is 1. The van der Waals surface area contributed by atoms with E-state index in [0.717, 1.165) is 0 Å². The second-order valence-corrected chi connectivity index (χ2v) is 10.2. The minimum atomic E-state index is -0.893. The zero-order valence-electron chi connectivity index (χ0n) is 19.6. The van der Waals surface area contributed by atoms with E-state index in [-0.39, 0.29) is 48.8 Å². The van der Waals surface area contributed by atoms with Crippen LogP contribution in [-0.4, -0.2) is 56.8 Å². The summed E-state index contributed by atoms with van der Waals surface area (Å²) in [5, 5.41) is 1.20. The third kappa shape index (κ3) is 3.45. The van der Waals surface area contributed by atoms with Crippen LogP contribution < -0.4 is 0 Å². The fourth-order valence-corrected chi connectivity index (χ4v) is 6.54. The van der Waals surface area contributed by atoms with Gasteiger partial charge in [-0.05, 0) is 53.4 Å². The molecule has 0 radical (unpaired) electrons. The molecule has 0 aromatic rings. The summed E-state index contributed by atoms with van der Waals surface area (Å²) in [5.41, 5.74) is 0. The van der Waals surface area contributed by atoms with Crippen molar-refractivity contribution in [2.45, 2.75) is 53.4 Å². The van der Waals surface area contributed by atoms with Crippen LogP contribution in [0.1, 0.15) is 53.4 Å². The number of rotatable bonds is 5. The Kier molecular flexibility index (Phi) is 5.90. The lowest BCUT2D eigenvalue weighted by atomic mass is 9.67. The van der Waals surface area contributed by atoms with Crippen LogP contribution in [0.5, 0.6) is 0 Å². The van der Waals surface area contributed by atoms with Gasteiger partial charge in [0.2, 0.25) is 0 Å². The highest BCUT2D eigenvalue weighted by molar-refractivity contribution is 6.14.